The maximum absolute atomic E-state index is 12.0. The zero-order valence-corrected chi connectivity index (χ0v) is 13.3. The highest BCUT2D eigenvalue weighted by Gasteiger charge is 2.17. The van der Waals surface area contributed by atoms with Gasteiger partial charge in [0.1, 0.15) is 0 Å². The molecule has 1 aromatic rings. The molecular weight excluding hydrogens is 305 g/mol. The first-order valence-corrected chi connectivity index (χ1v) is 7.55. The van der Waals surface area contributed by atoms with Crippen LogP contribution < -0.4 is 5.32 Å². The molecule has 0 aromatic heterocycles. The molecule has 0 aliphatic rings. The summed E-state index contributed by atoms with van der Waals surface area (Å²) >= 11 is 18.0. The number of carbonyl (C=O) groups excluding carboxylic acids is 1. The molecule has 0 saturated carbocycles. The van der Waals surface area contributed by atoms with Crippen LogP contribution in [0.1, 0.15) is 37.0 Å². The smallest absolute Gasteiger partial charge is 0.251 e. The molecule has 19 heavy (non-hydrogen) atoms. The van der Waals surface area contributed by atoms with Crippen molar-refractivity contribution in [2.75, 3.05) is 6.54 Å². The third kappa shape index (κ3) is 5.21. The quantitative estimate of drug-likeness (QED) is 0.751. The SMILES string of the molecule is CCC(CC)C(Cl)CNC(=O)c1cc(Cl)cc(Cl)c1. The molecule has 1 atom stereocenters. The van der Waals surface area contributed by atoms with Gasteiger partial charge in [0.2, 0.25) is 0 Å². The summed E-state index contributed by atoms with van der Waals surface area (Å²) in [7, 11) is 0. The van der Waals surface area contributed by atoms with Crippen molar-refractivity contribution in [3.05, 3.63) is 33.8 Å². The lowest BCUT2D eigenvalue weighted by molar-refractivity contribution is 0.0951. The third-order valence-corrected chi connectivity index (χ3v) is 4.09. The highest BCUT2D eigenvalue weighted by Crippen LogP contribution is 2.20. The van der Waals surface area contributed by atoms with E-state index in [2.05, 4.69) is 19.2 Å². The molecule has 2 nitrogen and oxygen atoms in total. The maximum Gasteiger partial charge on any atom is 0.251 e. The molecule has 0 bridgehead atoms. The van der Waals surface area contributed by atoms with Gasteiger partial charge in [0.15, 0.2) is 0 Å². The molecule has 0 aliphatic heterocycles. The molecule has 1 rings (SSSR count). The lowest BCUT2D eigenvalue weighted by Crippen LogP contribution is -2.33. The van der Waals surface area contributed by atoms with Crippen molar-refractivity contribution in [3.8, 4) is 0 Å². The molecular formula is C14H18Cl3NO. The molecule has 0 aliphatic carbocycles. The second-order valence-electron chi connectivity index (χ2n) is 4.46. The Bertz CT molecular complexity index is 412. The van der Waals surface area contributed by atoms with E-state index in [-0.39, 0.29) is 11.3 Å². The number of amides is 1. The lowest BCUT2D eigenvalue weighted by Gasteiger charge is -2.19. The van der Waals surface area contributed by atoms with Gasteiger partial charge in [0.25, 0.3) is 5.91 Å². The Kier molecular flexibility index (Phi) is 6.98. The first kappa shape index (κ1) is 16.6. The molecule has 1 N–H and O–H groups in total. The minimum Gasteiger partial charge on any atom is -0.351 e. The third-order valence-electron chi connectivity index (χ3n) is 3.14. The van der Waals surface area contributed by atoms with E-state index in [0.29, 0.717) is 28.1 Å². The van der Waals surface area contributed by atoms with Crippen LogP contribution in [-0.4, -0.2) is 17.8 Å². The normalized spacial score (nSPS) is 12.5. The fourth-order valence-corrected chi connectivity index (χ4v) is 2.90. The van der Waals surface area contributed by atoms with E-state index >= 15 is 0 Å². The van der Waals surface area contributed by atoms with E-state index in [4.69, 9.17) is 34.8 Å². The Labute approximate surface area is 129 Å². The molecule has 1 unspecified atom stereocenters. The van der Waals surface area contributed by atoms with Crippen molar-refractivity contribution in [2.24, 2.45) is 5.92 Å². The molecule has 5 heteroatoms. The van der Waals surface area contributed by atoms with Crippen molar-refractivity contribution in [3.63, 3.8) is 0 Å². The number of nitrogens with one attached hydrogen (secondary N) is 1. The van der Waals surface area contributed by atoms with Crippen LogP contribution in [0.5, 0.6) is 0 Å². The van der Waals surface area contributed by atoms with E-state index in [0.717, 1.165) is 12.8 Å². The fraction of sp³-hybridized carbons (Fsp3) is 0.500. The average Bonchev–Trinajstić information content (AvgIpc) is 2.36. The summed E-state index contributed by atoms with van der Waals surface area (Å²) in [5.74, 6) is 0.200. The molecule has 106 valence electrons. The van der Waals surface area contributed by atoms with Crippen LogP contribution in [0.2, 0.25) is 10.0 Å². The number of alkyl halides is 1. The maximum atomic E-state index is 12.0. The van der Waals surface area contributed by atoms with Crippen LogP contribution in [0, 0.1) is 5.92 Å². The summed E-state index contributed by atoms with van der Waals surface area (Å²) in [4.78, 5) is 12.0. The number of carbonyl (C=O) groups is 1. The predicted octanol–water partition coefficient (Wildman–Crippen LogP) is 4.77. The second kappa shape index (κ2) is 7.98. The molecule has 1 amide bonds. The van der Waals surface area contributed by atoms with E-state index in [9.17, 15) is 4.79 Å². The highest BCUT2D eigenvalue weighted by molar-refractivity contribution is 6.35. The van der Waals surface area contributed by atoms with E-state index in [1.165, 1.54) is 0 Å². The monoisotopic (exact) mass is 321 g/mol. The minimum absolute atomic E-state index is 0.0615. The van der Waals surface area contributed by atoms with Gasteiger partial charge in [-0.05, 0) is 24.1 Å². The number of hydrogen-bond acceptors (Lipinski definition) is 1. The lowest BCUT2D eigenvalue weighted by atomic mass is 9.99. The van der Waals surface area contributed by atoms with E-state index in [1.54, 1.807) is 18.2 Å². The van der Waals surface area contributed by atoms with Gasteiger partial charge in [-0.25, -0.2) is 0 Å². The van der Waals surface area contributed by atoms with Gasteiger partial charge in [-0.2, -0.15) is 0 Å². The van der Waals surface area contributed by atoms with Gasteiger partial charge >= 0.3 is 0 Å². The number of benzene rings is 1. The van der Waals surface area contributed by atoms with Crippen molar-refractivity contribution in [2.45, 2.75) is 32.1 Å². The molecule has 0 spiro atoms. The second-order valence-corrected chi connectivity index (χ2v) is 5.89. The number of rotatable bonds is 6. The average molecular weight is 323 g/mol. The summed E-state index contributed by atoms with van der Waals surface area (Å²) in [6, 6.07) is 4.76. The molecule has 0 radical (unpaired) electrons. The van der Waals surface area contributed by atoms with Gasteiger partial charge in [0.05, 0.1) is 5.38 Å². The number of halogens is 3. The summed E-state index contributed by atoms with van der Waals surface area (Å²) in [5, 5.41) is 3.64. The van der Waals surface area contributed by atoms with Crippen LogP contribution in [0.15, 0.2) is 18.2 Å². The zero-order valence-electron chi connectivity index (χ0n) is 11.1. The van der Waals surface area contributed by atoms with Crippen LogP contribution in [0.4, 0.5) is 0 Å². The van der Waals surface area contributed by atoms with Gasteiger partial charge in [-0.3, -0.25) is 4.79 Å². The Balaban J connectivity index is 2.60. The van der Waals surface area contributed by atoms with E-state index < -0.39 is 0 Å². The molecule has 0 heterocycles. The van der Waals surface area contributed by atoms with Gasteiger partial charge in [-0.1, -0.05) is 49.9 Å². The van der Waals surface area contributed by atoms with Crippen LogP contribution >= 0.6 is 34.8 Å². The summed E-state index contributed by atoms with van der Waals surface area (Å²) in [5.41, 5.74) is 0.450. The summed E-state index contributed by atoms with van der Waals surface area (Å²) < 4.78 is 0. The summed E-state index contributed by atoms with van der Waals surface area (Å²) in [6.07, 6.45) is 2.01. The van der Waals surface area contributed by atoms with Crippen LogP contribution in [0.25, 0.3) is 0 Å². The van der Waals surface area contributed by atoms with Crippen molar-refractivity contribution < 1.29 is 4.79 Å². The van der Waals surface area contributed by atoms with Crippen molar-refractivity contribution in [1.29, 1.82) is 0 Å². The topological polar surface area (TPSA) is 29.1 Å². The Morgan fingerprint density at radius 2 is 1.68 bits per heavy atom. The highest BCUT2D eigenvalue weighted by atomic mass is 35.5. The van der Waals surface area contributed by atoms with E-state index in [1.807, 2.05) is 0 Å². The molecule has 0 saturated heterocycles. The standard InChI is InChI=1S/C14H18Cl3NO/c1-3-9(4-2)13(17)8-18-14(19)10-5-11(15)7-12(16)6-10/h5-7,9,13H,3-4,8H2,1-2H3,(H,18,19). The summed E-state index contributed by atoms with van der Waals surface area (Å²) in [6.45, 7) is 4.64. The first-order valence-electron chi connectivity index (χ1n) is 6.36. The minimum atomic E-state index is -0.207. The van der Waals surface area contributed by atoms with Crippen LogP contribution in [-0.2, 0) is 0 Å². The zero-order chi connectivity index (χ0) is 14.4. The Morgan fingerprint density at radius 1 is 1.16 bits per heavy atom. The van der Waals surface area contributed by atoms with Crippen molar-refractivity contribution in [1.82, 2.24) is 5.32 Å². The Hall–Kier alpha value is -0.440. The van der Waals surface area contributed by atoms with Crippen LogP contribution in [0.3, 0.4) is 0 Å². The fourth-order valence-electron chi connectivity index (χ4n) is 1.94. The van der Waals surface area contributed by atoms with Gasteiger partial charge < -0.3 is 5.32 Å². The van der Waals surface area contributed by atoms with Crippen molar-refractivity contribution >= 4 is 40.7 Å². The first-order chi connectivity index (χ1) is 8.97. The molecule has 1 aromatic carbocycles. The predicted molar refractivity (Wildman–Crippen MR) is 82.5 cm³/mol. The van der Waals surface area contributed by atoms with Gasteiger partial charge in [0, 0.05) is 22.2 Å². The largest absolute Gasteiger partial charge is 0.351 e. The van der Waals surface area contributed by atoms with Gasteiger partial charge in [-0.15, -0.1) is 11.6 Å². The molecule has 0 fully saturated rings. The Morgan fingerprint density at radius 3 is 2.16 bits per heavy atom. The number of hydrogen-bond donors (Lipinski definition) is 1.